The Bertz CT molecular complexity index is 1410. The predicted octanol–water partition coefficient (Wildman–Crippen LogP) is 2.74. The van der Waals surface area contributed by atoms with Crippen molar-refractivity contribution in [2.75, 3.05) is 13.2 Å². The van der Waals surface area contributed by atoms with Gasteiger partial charge in [-0.3, -0.25) is 4.79 Å². The number of hydrogen-bond acceptors (Lipinski definition) is 4. The summed E-state index contributed by atoms with van der Waals surface area (Å²) in [6.07, 6.45) is 3.26. The van der Waals surface area contributed by atoms with Crippen LogP contribution in [0.15, 0.2) is 60.9 Å². The molecule has 4 heterocycles. The number of hydrogen-bond donors (Lipinski definition) is 3. The van der Waals surface area contributed by atoms with Crippen LogP contribution in [0.25, 0.3) is 33.0 Å². The monoisotopic (exact) mass is 443 g/mol. The summed E-state index contributed by atoms with van der Waals surface area (Å²) in [6.45, 7) is 1.65. The summed E-state index contributed by atoms with van der Waals surface area (Å²) in [7, 11) is 0. The quantitative estimate of drug-likeness (QED) is 0.422. The number of aryl methyl sites for hydroxylation is 1. The maximum absolute atomic E-state index is 13.2. The lowest BCUT2D eigenvalue weighted by Gasteiger charge is -2.17. The molecule has 7 heteroatoms. The number of nitrogens with zero attached hydrogens (tertiary/aromatic N) is 2. The first-order valence-corrected chi connectivity index (χ1v) is 11.3. The molecule has 4 aromatic rings. The molecule has 168 valence electrons. The van der Waals surface area contributed by atoms with E-state index in [2.05, 4.69) is 14.5 Å². The van der Waals surface area contributed by atoms with Crippen molar-refractivity contribution >= 4 is 38.9 Å². The van der Waals surface area contributed by atoms with Crippen LogP contribution in [0.3, 0.4) is 0 Å². The van der Waals surface area contributed by atoms with E-state index in [9.17, 15) is 15.0 Å². The Labute approximate surface area is 190 Å². The molecule has 1 amide bonds. The van der Waals surface area contributed by atoms with Crippen LogP contribution < -0.4 is 5.32 Å². The summed E-state index contributed by atoms with van der Waals surface area (Å²) in [5.41, 5.74) is 4.75. The van der Waals surface area contributed by atoms with Gasteiger partial charge in [-0.25, -0.2) is 0 Å². The summed E-state index contributed by atoms with van der Waals surface area (Å²) < 4.78 is 10.2. The molecule has 7 nitrogen and oxygen atoms in total. The van der Waals surface area contributed by atoms with E-state index < -0.39 is 6.23 Å². The van der Waals surface area contributed by atoms with E-state index in [1.165, 1.54) is 0 Å². The molecule has 2 aliphatic rings. The molecular weight excluding hydrogens is 418 g/mol. The van der Waals surface area contributed by atoms with Gasteiger partial charge in [0, 0.05) is 64.0 Å². The first kappa shape index (κ1) is 20.2. The molecule has 0 fully saturated rings. The van der Waals surface area contributed by atoms with Gasteiger partial charge in [0.1, 0.15) is 0 Å². The van der Waals surface area contributed by atoms with Gasteiger partial charge in [0.2, 0.25) is 0 Å². The predicted molar refractivity (Wildman–Crippen MR) is 126 cm³/mol. The van der Waals surface area contributed by atoms with Crippen LogP contribution in [0.2, 0.25) is 0 Å². The van der Waals surface area contributed by atoms with E-state index in [0.717, 1.165) is 32.9 Å². The van der Waals surface area contributed by atoms with Crippen LogP contribution in [0.4, 0.5) is 0 Å². The number of aliphatic hydroxyl groups is 2. The highest BCUT2D eigenvalue weighted by atomic mass is 16.5. The van der Waals surface area contributed by atoms with Gasteiger partial charge in [-0.05, 0) is 18.6 Å². The molecule has 0 saturated heterocycles. The van der Waals surface area contributed by atoms with Crippen molar-refractivity contribution in [3.63, 3.8) is 0 Å². The summed E-state index contributed by atoms with van der Waals surface area (Å²) in [5.74, 6) is -0.277. The highest BCUT2D eigenvalue weighted by Crippen LogP contribution is 2.40. The summed E-state index contributed by atoms with van der Waals surface area (Å²) >= 11 is 0. The molecule has 2 atom stereocenters. The molecular formula is C26H25N3O4. The standard InChI is InChI=1S/C26H25N3O4/c30-15-16-9-10-28-13-19(17-5-1-3-7-21(17)28)23-24(26(32)27-25(23)31)20-14-29(11-12-33-16)22-8-4-2-6-18(20)22/h1-8,13-14,16,26,30,32H,9-12,15H2,(H,27,31). The zero-order chi connectivity index (χ0) is 22.5. The number of para-hydroxylation sites is 2. The van der Waals surface area contributed by atoms with Gasteiger partial charge >= 0.3 is 0 Å². The van der Waals surface area contributed by atoms with E-state index in [0.29, 0.717) is 37.3 Å². The minimum Gasteiger partial charge on any atom is -0.394 e. The Morgan fingerprint density at radius 1 is 0.939 bits per heavy atom. The molecule has 4 bridgehead atoms. The fraction of sp³-hybridized carbons (Fsp3) is 0.269. The Morgan fingerprint density at radius 2 is 1.58 bits per heavy atom. The van der Waals surface area contributed by atoms with Crippen LogP contribution in [0.1, 0.15) is 17.5 Å². The van der Waals surface area contributed by atoms with Gasteiger partial charge < -0.3 is 29.4 Å². The number of aliphatic hydroxyl groups excluding tert-OH is 2. The molecule has 6 rings (SSSR count). The van der Waals surface area contributed by atoms with E-state index in [4.69, 9.17) is 4.74 Å². The smallest absolute Gasteiger partial charge is 0.254 e. The number of carbonyl (C=O) groups is 1. The fourth-order valence-corrected chi connectivity index (χ4v) is 5.18. The first-order chi connectivity index (χ1) is 16.2. The number of rotatable bonds is 1. The van der Waals surface area contributed by atoms with E-state index in [1.54, 1.807) is 0 Å². The third-order valence-corrected chi connectivity index (χ3v) is 6.76. The number of nitrogens with one attached hydrogen (secondary N) is 1. The van der Waals surface area contributed by atoms with Crippen LogP contribution in [0, 0.1) is 0 Å². The van der Waals surface area contributed by atoms with Crippen LogP contribution >= 0.6 is 0 Å². The lowest BCUT2D eigenvalue weighted by Crippen LogP contribution is -2.27. The Morgan fingerprint density at radius 3 is 2.30 bits per heavy atom. The second kappa shape index (κ2) is 7.88. The second-order valence-electron chi connectivity index (χ2n) is 8.64. The Kier molecular flexibility index (Phi) is 4.83. The van der Waals surface area contributed by atoms with Crippen molar-refractivity contribution in [1.82, 2.24) is 14.5 Å². The van der Waals surface area contributed by atoms with Gasteiger partial charge in [0.25, 0.3) is 5.91 Å². The largest absolute Gasteiger partial charge is 0.394 e. The molecule has 2 aromatic carbocycles. The highest BCUT2D eigenvalue weighted by molar-refractivity contribution is 6.33. The van der Waals surface area contributed by atoms with E-state index >= 15 is 0 Å². The zero-order valence-corrected chi connectivity index (χ0v) is 18.1. The zero-order valence-electron chi connectivity index (χ0n) is 18.1. The van der Waals surface area contributed by atoms with Gasteiger partial charge in [-0.2, -0.15) is 0 Å². The van der Waals surface area contributed by atoms with E-state index in [1.807, 2.05) is 60.9 Å². The van der Waals surface area contributed by atoms with Crippen molar-refractivity contribution in [3.8, 4) is 0 Å². The van der Waals surface area contributed by atoms with Crippen molar-refractivity contribution in [1.29, 1.82) is 0 Å². The van der Waals surface area contributed by atoms with Gasteiger partial charge in [-0.1, -0.05) is 36.4 Å². The van der Waals surface area contributed by atoms with Crippen molar-refractivity contribution < 1.29 is 19.7 Å². The van der Waals surface area contributed by atoms with E-state index in [-0.39, 0.29) is 18.6 Å². The Hall–Kier alpha value is -3.39. The van der Waals surface area contributed by atoms with Gasteiger partial charge in [0.05, 0.1) is 24.9 Å². The Balaban J connectivity index is 1.67. The molecule has 2 aromatic heterocycles. The SMILES string of the molecule is O=C1NC(O)C2=C1c1cn(c3ccccc13)CCC(CO)OCCn1cc2c2ccccc21. The number of fused-ring (bicyclic) bond motifs is 12. The minimum atomic E-state index is -1.09. The molecule has 0 radical (unpaired) electrons. The first-order valence-electron chi connectivity index (χ1n) is 11.3. The third-order valence-electron chi connectivity index (χ3n) is 6.76. The van der Waals surface area contributed by atoms with Gasteiger partial charge in [-0.15, -0.1) is 0 Å². The highest BCUT2D eigenvalue weighted by Gasteiger charge is 2.35. The number of ether oxygens (including phenoxy) is 1. The number of amides is 1. The summed E-state index contributed by atoms with van der Waals surface area (Å²) in [6, 6.07) is 16.0. The van der Waals surface area contributed by atoms with Crippen molar-refractivity contribution in [3.05, 3.63) is 72.1 Å². The third kappa shape index (κ3) is 3.20. The summed E-state index contributed by atoms with van der Waals surface area (Å²) in [5, 5.41) is 25.5. The van der Waals surface area contributed by atoms with Crippen LogP contribution in [-0.4, -0.2) is 50.8 Å². The molecule has 2 aliphatic heterocycles. The van der Waals surface area contributed by atoms with Crippen LogP contribution in [0.5, 0.6) is 0 Å². The molecule has 2 unspecified atom stereocenters. The maximum atomic E-state index is 13.2. The lowest BCUT2D eigenvalue weighted by molar-refractivity contribution is -0.116. The van der Waals surface area contributed by atoms with Crippen molar-refractivity contribution in [2.45, 2.75) is 31.8 Å². The molecule has 0 aliphatic carbocycles. The molecule has 0 spiro atoms. The molecule has 3 N–H and O–H groups in total. The lowest BCUT2D eigenvalue weighted by atomic mass is 9.95. The van der Waals surface area contributed by atoms with Crippen molar-refractivity contribution in [2.24, 2.45) is 0 Å². The average molecular weight is 444 g/mol. The van der Waals surface area contributed by atoms with Crippen LogP contribution in [-0.2, 0) is 22.6 Å². The molecule has 33 heavy (non-hydrogen) atoms. The average Bonchev–Trinajstić information content (AvgIpc) is 3.46. The minimum absolute atomic E-state index is 0.0480. The number of carbonyl (C=O) groups excluding carboxylic acids is 1. The number of aromatic nitrogens is 2. The topological polar surface area (TPSA) is 88.7 Å². The normalized spacial score (nSPS) is 21.3. The second-order valence-corrected chi connectivity index (χ2v) is 8.64. The van der Waals surface area contributed by atoms with Gasteiger partial charge in [0.15, 0.2) is 6.23 Å². The fourth-order valence-electron chi connectivity index (χ4n) is 5.18. The summed E-state index contributed by atoms with van der Waals surface area (Å²) in [4.78, 5) is 13.2. The molecule has 0 saturated carbocycles. The maximum Gasteiger partial charge on any atom is 0.254 e. The number of benzene rings is 2.